The van der Waals surface area contributed by atoms with Gasteiger partial charge in [0.05, 0.1) is 7.11 Å². The number of rotatable bonds is 6. The molecule has 0 atom stereocenters. The van der Waals surface area contributed by atoms with E-state index in [1.54, 1.807) is 7.11 Å². The molecule has 0 heterocycles. The molecule has 2 aromatic carbocycles. The highest BCUT2D eigenvalue weighted by atomic mass is 16.5. The summed E-state index contributed by atoms with van der Waals surface area (Å²) in [7, 11) is 1.72. The Morgan fingerprint density at radius 2 is 1.81 bits per heavy atom. The van der Waals surface area contributed by atoms with Crippen molar-refractivity contribution in [2.24, 2.45) is 0 Å². The van der Waals surface area contributed by atoms with Crippen molar-refractivity contribution in [1.29, 1.82) is 0 Å². The monoisotopic (exact) mass is 284 g/mol. The third-order valence-corrected chi connectivity index (χ3v) is 3.63. The number of benzene rings is 2. The Balaban J connectivity index is 2.16. The molecule has 0 radical (unpaired) electrons. The quantitative estimate of drug-likeness (QED) is 0.822. The molecule has 0 aliphatic carbocycles. The normalized spacial score (nSPS) is 11.1. The van der Waals surface area contributed by atoms with Gasteiger partial charge < -0.3 is 10.5 Å². The van der Waals surface area contributed by atoms with Crippen LogP contribution in [-0.4, -0.2) is 18.1 Å². The van der Waals surface area contributed by atoms with Crippen molar-refractivity contribution >= 4 is 5.69 Å². The molecule has 3 heteroatoms. The van der Waals surface area contributed by atoms with Gasteiger partial charge in [-0.3, -0.25) is 4.90 Å². The van der Waals surface area contributed by atoms with Crippen LogP contribution in [0, 0.1) is 0 Å². The Morgan fingerprint density at radius 1 is 1.05 bits per heavy atom. The maximum atomic E-state index is 5.87. The number of hydrogen-bond donors (Lipinski definition) is 1. The van der Waals surface area contributed by atoms with Gasteiger partial charge in [0, 0.05) is 30.4 Å². The van der Waals surface area contributed by atoms with Gasteiger partial charge in [0.2, 0.25) is 0 Å². The summed E-state index contributed by atoms with van der Waals surface area (Å²) in [5, 5.41) is 0. The van der Waals surface area contributed by atoms with Crippen molar-refractivity contribution in [3.05, 3.63) is 59.7 Å². The van der Waals surface area contributed by atoms with Crippen LogP contribution in [0.2, 0.25) is 0 Å². The fourth-order valence-electron chi connectivity index (χ4n) is 2.40. The Morgan fingerprint density at radius 3 is 2.48 bits per heavy atom. The second-order valence-electron chi connectivity index (χ2n) is 5.56. The zero-order chi connectivity index (χ0) is 15.2. The first kappa shape index (κ1) is 15.4. The summed E-state index contributed by atoms with van der Waals surface area (Å²) < 4.78 is 5.45. The van der Waals surface area contributed by atoms with Gasteiger partial charge in [-0.1, -0.05) is 30.3 Å². The van der Waals surface area contributed by atoms with Crippen LogP contribution in [0.3, 0.4) is 0 Å². The lowest BCUT2D eigenvalue weighted by Crippen LogP contribution is -2.30. The number of nitrogen functional groups attached to an aromatic ring is 1. The molecule has 0 aliphatic rings. The molecule has 0 bridgehead atoms. The number of hydrogen-bond acceptors (Lipinski definition) is 3. The van der Waals surface area contributed by atoms with Gasteiger partial charge in [-0.2, -0.15) is 0 Å². The predicted molar refractivity (Wildman–Crippen MR) is 88.2 cm³/mol. The highest BCUT2D eigenvalue weighted by Gasteiger charge is 2.13. The van der Waals surface area contributed by atoms with Gasteiger partial charge in [-0.05, 0) is 37.6 Å². The number of ether oxygens (including phenoxy) is 1. The van der Waals surface area contributed by atoms with E-state index in [4.69, 9.17) is 10.5 Å². The van der Waals surface area contributed by atoms with Gasteiger partial charge >= 0.3 is 0 Å². The van der Waals surface area contributed by atoms with Crippen molar-refractivity contribution in [3.63, 3.8) is 0 Å². The second-order valence-corrected chi connectivity index (χ2v) is 5.56. The molecule has 0 aliphatic heterocycles. The highest BCUT2D eigenvalue weighted by Crippen LogP contribution is 2.22. The zero-order valence-electron chi connectivity index (χ0n) is 13.0. The second kappa shape index (κ2) is 7.14. The molecule has 0 spiro atoms. The first-order valence-corrected chi connectivity index (χ1v) is 7.30. The fourth-order valence-corrected chi connectivity index (χ4v) is 2.40. The predicted octanol–water partition coefficient (Wildman–Crippen LogP) is 3.69. The maximum Gasteiger partial charge on any atom is 0.123 e. The van der Waals surface area contributed by atoms with Gasteiger partial charge in [-0.15, -0.1) is 0 Å². The highest BCUT2D eigenvalue weighted by molar-refractivity contribution is 5.40. The lowest BCUT2D eigenvalue weighted by atomic mass is 10.1. The molecule has 0 unspecified atom stereocenters. The van der Waals surface area contributed by atoms with Gasteiger partial charge in [0.1, 0.15) is 5.75 Å². The van der Waals surface area contributed by atoms with Gasteiger partial charge in [0.25, 0.3) is 0 Å². The van der Waals surface area contributed by atoms with Crippen molar-refractivity contribution in [1.82, 2.24) is 4.90 Å². The average Bonchev–Trinajstić information content (AvgIpc) is 2.47. The van der Waals surface area contributed by atoms with Crippen LogP contribution in [0.1, 0.15) is 25.0 Å². The Kier molecular flexibility index (Phi) is 5.23. The van der Waals surface area contributed by atoms with E-state index in [0.717, 1.165) is 24.5 Å². The summed E-state index contributed by atoms with van der Waals surface area (Å²) in [6, 6.07) is 16.7. The number of nitrogens with zero attached hydrogens (tertiary/aromatic N) is 1. The number of anilines is 1. The molecule has 0 aromatic heterocycles. The summed E-state index contributed by atoms with van der Waals surface area (Å²) in [6.45, 7) is 6.15. The molecular formula is C18H24N2O. The molecule has 0 saturated carbocycles. The maximum absolute atomic E-state index is 5.87. The number of methoxy groups -OCH3 is 1. The number of nitrogens with two attached hydrogens (primary N) is 1. The van der Waals surface area contributed by atoms with Gasteiger partial charge in [0.15, 0.2) is 0 Å². The molecule has 2 aromatic rings. The van der Waals surface area contributed by atoms with Crippen LogP contribution in [0.5, 0.6) is 5.75 Å². The third kappa shape index (κ3) is 4.23. The van der Waals surface area contributed by atoms with Crippen LogP contribution in [0.4, 0.5) is 5.69 Å². The van der Waals surface area contributed by atoms with Crippen molar-refractivity contribution in [3.8, 4) is 5.75 Å². The number of para-hydroxylation sites is 1. The molecule has 0 fully saturated rings. The fraction of sp³-hybridized carbons (Fsp3) is 0.333. The van der Waals surface area contributed by atoms with E-state index in [1.165, 1.54) is 11.1 Å². The molecule has 2 N–H and O–H groups in total. The van der Waals surface area contributed by atoms with Crippen LogP contribution < -0.4 is 10.5 Å². The molecular weight excluding hydrogens is 260 g/mol. The van der Waals surface area contributed by atoms with Crippen LogP contribution >= 0.6 is 0 Å². The summed E-state index contributed by atoms with van der Waals surface area (Å²) in [5.74, 6) is 0.940. The Bertz CT molecular complexity index is 581. The Hall–Kier alpha value is -2.00. The summed E-state index contributed by atoms with van der Waals surface area (Å²) in [4.78, 5) is 2.41. The lowest BCUT2D eigenvalue weighted by Gasteiger charge is -2.27. The third-order valence-electron chi connectivity index (χ3n) is 3.63. The largest absolute Gasteiger partial charge is 0.496 e. The van der Waals surface area contributed by atoms with E-state index in [-0.39, 0.29) is 0 Å². The van der Waals surface area contributed by atoms with E-state index in [2.05, 4.69) is 36.9 Å². The topological polar surface area (TPSA) is 38.5 Å². The SMILES string of the molecule is COc1ccccc1CN(Cc1cccc(N)c1)C(C)C. The first-order chi connectivity index (χ1) is 10.1. The average molecular weight is 284 g/mol. The van der Waals surface area contributed by atoms with E-state index in [0.29, 0.717) is 6.04 Å². The summed E-state index contributed by atoms with van der Waals surface area (Å²) >= 11 is 0. The first-order valence-electron chi connectivity index (χ1n) is 7.30. The minimum atomic E-state index is 0.441. The summed E-state index contributed by atoms with van der Waals surface area (Å²) in [5.41, 5.74) is 9.12. The van der Waals surface area contributed by atoms with Gasteiger partial charge in [-0.25, -0.2) is 0 Å². The molecule has 0 amide bonds. The van der Waals surface area contributed by atoms with Crippen LogP contribution in [0.15, 0.2) is 48.5 Å². The van der Waals surface area contributed by atoms with E-state index in [1.807, 2.05) is 30.3 Å². The van der Waals surface area contributed by atoms with E-state index < -0.39 is 0 Å². The minimum absolute atomic E-state index is 0.441. The van der Waals surface area contributed by atoms with Crippen molar-refractivity contribution < 1.29 is 4.74 Å². The van der Waals surface area contributed by atoms with Crippen molar-refractivity contribution in [2.75, 3.05) is 12.8 Å². The molecule has 3 nitrogen and oxygen atoms in total. The van der Waals surface area contributed by atoms with Crippen LogP contribution in [-0.2, 0) is 13.1 Å². The molecule has 112 valence electrons. The van der Waals surface area contributed by atoms with Crippen LogP contribution in [0.25, 0.3) is 0 Å². The lowest BCUT2D eigenvalue weighted by molar-refractivity contribution is 0.201. The Labute approximate surface area is 127 Å². The smallest absolute Gasteiger partial charge is 0.123 e. The standard InChI is InChI=1S/C18H24N2O/c1-14(2)20(12-15-7-6-9-17(19)11-15)13-16-8-4-5-10-18(16)21-3/h4-11,14H,12-13,19H2,1-3H3. The molecule has 0 saturated heterocycles. The molecule has 2 rings (SSSR count). The minimum Gasteiger partial charge on any atom is -0.496 e. The summed E-state index contributed by atoms with van der Waals surface area (Å²) in [6.07, 6.45) is 0. The molecule has 21 heavy (non-hydrogen) atoms. The van der Waals surface area contributed by atoms with E-state index >= 15 is 0 Å². The van der Waals surface area contributed by atoms with E-state index in [9.17, 15) is 0 Å². The zero-order valence-corrected chi connectivity index (χ0v) is 13.0. The van der Waals surface area contributed by atoms with Crippen molar-refractivity contribution in [2.45, 2.75) is 33.0 Å².